The van der Waals surface area contributed by atoms with Crippen molar-refractivity contribution in [1.29, 1.82) is 0 Å². The first-order chi connectivity index (χ1) is 12.3. The first-order valence-corrected chi connectivity index (χ1v) is 8.10. The summed E-state index contributed by atoms with van der Waals surface area (Å²) in [5, 5.41) is -0.257. The van der Waals surface area contributed by atoms with Gasteiger partial charge in [0, 0.05) is 23.4 Å². The minimum Gasteiger partial charge on any atom is -0.489 e. The lowest BCUT2D eigenvalue weighted by Crippen LogP contribution is -2.08. The lowest BCUT2D eigenvalue weighted by atomic mass is 10.1. The Bertz CT molecular complexity index is 914. The molecule has 0 amide bonds. The Morgan fingerprint density at radius 2 is 1.73 bits per heavy atom. The molecule has 0 aliphatic heterocycles. The van der Waals surface area contributed by atoms with Gasteiger partial charge in [-0.05, 0) is 24.6 Å². The van der Waals surface area contributed by atoms with Crippen molar-refractivity contribution < 1.29 is 17.9 Å². The number of rotatable bonds is 4. The summed E-state index contributed by atoms with van der Waals surface area (Å²) < 4.78 is 44.0. The van der Waals surface area contributed by atoms with Gasteiger partial charge in [0.15, 0.2) is 0 Å². The third kappa shape index (κ3) is 4.32. The molecule has 3 nitrogen and oxygen atoms in total. The van der Waals surface area contributed by atoms with Gasteiger partial charge in [-0.2, -0.15) is 13.2 Å². The number of aromatic nitrogens is 2. The van der Waals surface area contributed by atoms with Crippen molar-refractivity contribution in [2.45, 2.75) is 19.7 Å². The van der Waals surface area contributed by atoms with E-state index in [0.29, 0.717) is 29.3 Å². The molecule has 7 heteroatoms. The van der Waals surface area contributed by atoms with Crippen LogP contribution >= 0.6 is 11.6 Å². The van der Waals surface area contributed by atoms with Crippen LogP contribution in [0.2, 0.25) is 5.15 Å². The molecule has 0 aliphatic carbocycles. The zero-order valence-electron chi connectivity index (χ0n) is 13.7. The van der Waals surface area contributed by atoms with Crippen molar-refractivity contribution in [1.82, 2.24) is 9.97 Å². The molecule has 2 aromatic heterocycles. The fourth-order valence-electron chi connectivity index (χ4n) is 2.38. The van der Waals surface area contributed by atoms with Crippen LogP contribution in [0.25, 0.3) is 11.3 Å². The summed E-state index contributed by atoms with van der Waals surface area (Å²) >= 11 is 5.96. The summed E-state index contributed by atoms with van der Waals surface area (Å²) in [7, 11) is 0. The van der Waals surface area contributed by atoms with E-state index in [1.807, 2.05) is 30.3 Å². The monoisotopic (exact) mass is 378 g/mol. The second-order valence-corrected chi connectivity index (χ2v) is 5.99. The minimum absolute atomic E-state index is 0.257. The molecule has 134 valence electrons. The molecule has 0 atom stereocenters. The number of pyridine rings is 2. The van der Waals surface area contributed by atoms with Crippen molar-refractivity contribution in [3.8, 4) is 17.0 Å². The van der Waals surface area contributed by atoms with Crippen LogP contribution in [0.15, 0.2) is 54.6 Å². The smallest absolute Gasteiger partial charge is 0.433 e. The van der Waals surface area contributed by atoms with Gasteiger partial charge in [0.05, 0.1) is 5.69 Å². The van der Waals surface area contributed by atoms with Crippen LogP contribution in [-0.2, 0) is 12.8 Å². The van der Waals surface area contributed by atoms with E-state index in [0.717, 1.165) is 11.6 Å². The topological polar surface area (TPSA) is 35.0 Å². The van der Waals surface area contributed by atoms with Gasteiger partial charge in [0.25, 0.3) is 0 Å². The van der Waals surface area contributed by atoms with Crippen molar-refractivity contribution >= 4 is 11.6 Å². The fourth-order valence-corrected chi connectivity index (χ4v) is 2.63. The fraction of sp³-hybridized carbons (Fsp3) is 0.158. The standard InChI is InChI=1S/C19H14ClF3N2O/c1-12-9-14(26-11-13-5-3-2-4-6-13)10-16(24-12)15-7-8-17(19(21,22)23)25-18(15)20/h2-10H,11H2,1H3. The van der Waals surface area contributed by atoms with E-state index in [2.05, 4.69) is 9.97 Å². The molecule has 3 aromatic rings. The number of aryl methyl sites for hydroxylation is 1. The Labute approximate surface area is 153 Å². The van der Waals surface area contributed by atoms with Gasteiger partial charge in [-0.15, -0.1) is 0 Å². The lowest BCUT2D eigenvalue weighted by molar-refractivity contribution is -0.141. The van der Waals surface area contributed by atoms with Crippen molar-refractivity contribution in [3.63, 3.8) is 0 Å². The molecule has 0 spiro atoms. The molecular weight excluding hydrogens is 365 g/mol. The van der Waals surface area contributed by atoms with Crippen LogP contribution in [0, 0.1) is 6.92 Å². The second kappa shape index (κ2) is 7.33. The third-order valence-electron chi connectivity index (χ3n) is 3.59. The van der Waals surface area contributed by atoms with Crippen LogP contribution in [0.1, 0.15) is 17.0 Å². The molecule has 0 saturated carbocycles. The van der Waals surface area contributed by atoms with Gasteiger partial charge in [-0.1, -0.05) is 41.9 Å². The normalized spacial score (nSPS) is 11.4. The Morgan fingerprint density at radius 1 is 1.00 bits per heavy atom. The first kappa shape index (κ1) is 18.2. The Morgan fingerprint density at radius 3 is 2.38 bits per heavy atom. The lowest BCUT2D eigenvalue weighted by Gasteiger charge is -2.11. The molecule has 0 bridgehead atoms. The summed E-state index contributed by atoms with van der Waals surface area (Å²) in [4.78, 5) is 7.76. The SMILES string of the molecule is Cc1cc(OCc2ccccc2)cc(-c2ccc(C(F)(F)F)nc2Cl)n1. The third-order valence-corrected chi connectivity index (χ3v) is 3.88. The van der Waals surface area contributed by atoms with Crippen molar-refractivity contribution in [2.75, 3.05) is 0 Å². The minimum atomic E-state index is -4.55. The Kier molecular flexibility index (Phi) is 5.13. The van der Waals surface area contributed by atoms with Gasteiger partial charge in [0.1, 0.15) is 23.2 Å². The molecule has 0 unspecified atom stereocenters. The highest BCUT2D eigenvalue weighted by atomic mass is 35.5. The number of halogens is 4. The average molecular weight is 379 g/mol. The number of hydrogen-bond acceptors (Lipinski definition) is 3. The van der Waals surface area contributed by atoms with Crippen LogP contribution in [0.4, 0.5) is 13.2 Å². The summed E-state index contributed by atoms with van der Waals surface area (Å²) in [6.45, 7) is 2.13. The first-order valence-electron chi connectivity index (χ1n) is 7.72. The zero-order valence-corrected chi connectivity index (χ0v) is 14.5. The maximum Gasteiger partial charge on any atom is 0.433 e. The van der Waals surface area contributed by atoms with Gasteiger partial charge < -0.3 is 4.74 Å². The number of alkyl halides is 3. The van der Waals surface area contributed by atoms with E-state index < -0.39 is 11.9 Å². The maximum atomic E-state index is 12.7. The van der Waals surface area contributed by atoms with E-state index in [1.165, 1.54) is 6.07 Å². The molecule has 0 fully saturated rings. The molecule has 3 rings (SSSR count). The van der Waals surface area contributed by atoms with E-state index in [1.54, 1.807) is 19.1 Å². The number of hydrogen-bond donors (Lipinski definition) is 0. The molecule has 1 aromatic carbocycles. The molecule has 0 aliphatic rings. The predicted octanol–water partition coefficient (Wildman–Crippen LogP) is 5.70. The largest absolute Gasteiger partial charge is 0.489 e. The summed E-state index contributed by atoms with van der Waals surface area (Å²) in [6, 6.07) is 15.1. The Hall–Kier alpha value is -2.60. The van der Waals surface area contributed by atoms with Crippen LogP contribution in [0.5, 0.6) is 5.75 Å². The van der Waals surface area contributed by atoms with Gasteiger partial charge in [-0.3, -0.25) is 4.98 Å². The van der Waals surface area contributed by atoms with Gasteiger partial charge in [-0.25, -0.2) is 4.98 Å². The molecule has 2 heterocycles. The van der Waals surface area contributed by atoms with Gasteiger partial charge >= 0.3 is 6.18 Å². The predicted molar refractivity (Wildman–Crippen MR) is 93.0 cm³/mol. The van der Waals surface area contributed by atoms with Crippen LogP contribution < -0.4 is 4.74 Å². The summed E-state index contributed by atoms with van der Waals surface area (Å²) in [5.41, 5.74) is 1.32. The van der Waals surface area contributed by atoms with E-state index >= 15 is 0 Å². The maximum absolute atomic E-state index is 12.7. The molecule has 26 heavy (non-hydrogen) atoms. The molecule has 0 saturated heterocycles. The Balaban J connectivity index is 1.88. The number of ether oxygens (including phenoxy) is 1. The van der Waals surface area contributed by atoms with Crippen molar-refractivity contribution in [3.05, 3.63) is 76.7 Å². The average Bonchev–Trinajstić information content (AvgIpc) is 2.59. The van der Waals surface area contributed by atoms with Crippen LogP contribution in [0.3, 0.4) is 0 Å². The zero-order chi connectivity index (χ0) is 18.7. The van der Waals surface area contributed by atoms with E-state index in [-0.39, 0.29) is 5.15 Å². The molecule has 0 N–H and O–H groups in total. The van der Waals surface area contributed by atoms with E-state index in [9.17, 15) is 13.2 Å². The highest BCUT2D eigenvalue weighted by molar-refractivity contribution is 6.32. The van der Waals surface area contributed by atoms with Crippen LogP contribution in [-0.4, -0.2) is 9.97 Å². The quantitative estimate of drug-likeness (QED) is 0.546. The second-order valence-electron chi connectivity index (χ2n) is 5.64. The number of nitrogens with zero attached hydrogens (tertiary/aromatic N) is 2. The summed E-state index contributed by atoms with van der Waals surface area (Å²) in [5.74, 6) is 0.548. The number of benzene rings is 1. The van der Waals surface area contributed by atoms with Gasteiger partial charge in [0.2, 0.25) is 0 Å². The molecule has 0 radical (unpaired) electrons. The highest BCUT2D eigenvalue weighted by Gasteiger charge is 2.33. The highest BCUT2D eigenvalue weighted by Crippen LogP contribution is 2.33. The molecular formula is C19H14ClF3N2O. The summed E-state index contributed by atoms with van der Waals surface area (Å²) in [6.07, 6.45) is -4.55. The van der Waals surface area contributed by atoms with E-state index in [4.69, 9.17) is 16.3 Å². The van der Waals surface area contributed by atoms with Crippen molar-refractivity contribution in [2.24, 2.45) is 0 Å².